The molecule has 0 aliphatic rings. The molecule has 1 aromatic carbocycles. The number of hydrogen-bond acceptors (Lipinski definition) is 4. The number of rotatable bonds is 4. The largest absolute Gasteiger partial charge is 0.396 e. The number of imidazole rings is 1. The van der Waals surface area contributed by atoms with Crippen LogP contribution in [0.5, 0.6) is 0 Å². The molecule has 0 amide bonds. The lowest BCUT2D eigenvalue weighted by molar-refractivity contribution is -0.128. The number of benzene rings is 1. The van der Waals surface area contributed by atoms with Crippen LogP contribution in [-0.2, 0) is 13.0 Å². The van der Waals surface area contributed by atoms with Gasteiger partial charge in [0.05, 0.1) is 36.5 Å². The highest BCUT2D eigenvalue weighted by Gasteiger charge is 2.30. The fourth-order valence-corrected chi connectivity index (χ4v) is 4.01. The highest BCUT2D eigenvalue weighted by Crippen LogP contribution is 2.30. The first-order valence-electron chi connectivity index (χ1n) is 9.09. The second-order valence-electron chi connectivity index (χ2n) is 6.35. The molecule has 0 fully saturated rings. The zero-order valence-corrected chi connectivity index (χ0v) is 18.5. The second kappa shape index (κ2) is 9.80. The molecule has 0 atom stereocenters. The van der Waals surface area contributed by atoms with Crippen LogP contribution in [0.1, 0.15) is 22.4 Å². The van der Waals surface area contributed by atoms with Crippen molar-refractivity contribution in [2.45, 2.75) is 26.1 Å². The van der Waals surface area contributed by atoms with Crippen LogP contribution in [0.3, 0.4) is 0 Å². The lowest BCUT2D eigenvalue weighted by Crippen LogP contribution is -2.16. The van der Waals surface area contributed by atoms with Gasteiger partial charge in [-0.05, 0) is 43.3 Å². The fourth-order valence-electron chi connectivity index (χ4n) is 2.90. The first-order valence-corrected chi connectivity index (χ1v) is 10.7. The molecular weight excluding hydrogens is 470 g/mol. The molecule has 0 aliphatic heterocycles. The molecule has 0 bridgehead atoms. The summed E-state index contributed by atoms with van der Waals surface area (Å²) in [7, 11) is 0. The molecule has 3 aromatic heterocycles. The molecule has 162 valence electrons. The quantitative estimate of drug-likeness (QED) is 0.290. The van der Waals surface area contributed by atoms with Crippen molar-refractivity contribution in [3.05, 3.63) is 69.4 Å². The van der Waals surface area contributed by atoms with E-state index in [0.29, 0.717) is 22.6 Å². The average molecular weight is 486 g/mol. The van der Waals surface area contributed by atoms with E-state index < -0.39 is 12.6 Å². The number of halogens is 5. The van der Waals surface area contributed by atoms with Crippen molar-refractivity contribution in [3.8, 4) is 10.6 Å². The highest BCUT2D eigenvalue weighted by molar-refractivity contribution is 7.17. The molecule has 0 N–H and O–H groups in total. The number of fused-ring (bicyclic) bond motifs is 1. The molecule has 10 heteroatoms. The smallest absolute Gasteiger partial charge is 0.328 e. The Hall–Kier alpha value is -2.42. The number of carbonyl (C=O) groups excluding carboxylic acids is 1. The molecule has 3 heterocycles. The van der Waals surface area contributed by atoms with Crippen LogP contribution < -0.4 is 0 Å². The summed E-state index contributed by atoms with van der Waals surface area (Å²) in [5.74, 6) is -0.0293. The van der Waals surface area contributed by atoms with Gasteiger partial charge in [-0.15, -0.1) is 11.3 Å². The molecule has 4 aromatic rings. The van der Waals surface area contributed by atoms with Crippen LogP contribution in [0, 0.1) is 0 Å². The van der Waals surface area contributed by atoms with Gasteiger partial charge in [0.2, 0.25) is 0 Å². The second-order valence-corrected chi connectivity index (χ2v) is 8.28. The van der Waals surface area contributed by atoms with E-state index in [4.69, 9.17) is 23.2 Å². The fraction of sp³-hybridized carbons (Fsp3) is 0.190. The maximum Gasteiger partial charge on any atom is 0.396 e. The molecule has 4 nitrogen and oxygen atoms in total. The van der Waals surface area contributed by atoms with Crippen LogP contribution >= 0.6 is 34.5 Å². The normalized spacial score (nSPS) is 11.3. The predicted octanol–water partition coefficient (Wildman–Crippen LogP) is 7.09. The van der Waals surface area contributed by atoms with E-state index in [2.05, 4.69) is 9.97 Å². The van der Waals surface area contributed by atoms with Crippen LogP contribution in [0.25, 0.3) is 21.6 Å². The Morgan fingerprint density at radius 3 is 2.45 bits per heavy atom. The van der Waals surface area contributed by atoms with Crippen molar-refractivity contribution >= 4 is 51.9 Å². The van der Waals surface area contributed by atoms with Crippen molar-refractivity contribution in [3.63, 3.8) is 0 Å². The maximum absolute atomic E-state index is 12.4. The van der Waals surface area contributed by atoms with Gasteiger partial charge in [-0.2, -0.15) is 13.2 Å². The predicted molar refractivity (Wildman–Crippen MR) is 118 cm³/mol. The Labute approximate surface area is 190 Å². The molecular formula is C21H16Cl2F3N3OS. The summed E-state index contributed by atoms with van der Waals surface area (Å²) >= 11 is 13.1. The van der Waals surface area contributed by atoms with E-state index in [1.807, 2.05) is 30.3 Å². The third-order valence-corrected chi connectivity index (χ3v) is 5.96. The standard InChI is InChI=1S/C11H9Cl2F3N2.C10H7NOS/c1-2-18-9-4-7(13)6(12)3-8(9)17-10(18)5-11(14,15)16;12-7-8-4-5-10(13-8)9-3-1-2-6-11-9/h3-4H,2,5H2,1H3;1-7H. The number of pyridine rings is 1. The summed E-state index contributed by atoms with van der Waals surface area (Å²) in [4.78, 5) is 20.4. The molecule has 0 saturated heterocycles. The number of carbonyl (C=O) groups is 1. The van der Waals surface area contributed by atoms with E-state index in [0.717, 1.165) is 21.7 Å². The van der Waals surface area contributed by atoms with E-state index in [-0.39, 0.29) is 10.8 Å². The van der Waals surface area contributed by atoms with Gasteiger partial charge in [0.1, 0.15) is 12.2 Å². The van der Waals surface area contributed by atoms with E-state index >= 15 is 0 Å². The number of alkyl halides is 3. The third kappa shape index (κ3) is 5.84. The minimum absolute atomic E-state index is 0.0293. The van der Waals surface area contributed by atoms with Crippen LogP contribution in [-0.4, -0.2) is 27.0 Å². The minimum atomic E-state index is -4.29. The van der Waals surface area contributed by atoms with Crippen molar-refractivity contribution in [1.82, 2.24) is 14.5 Å². The summed E-state index contributed by atoms with van der Waals surface area (Å²) in [6, 6.07) is 12.5. The first-order chi connectivity index (χ1) is 14.7. The van der Waals surface area contributed by atoms with E-state index in [1.165, 1.54) is 28.0 Å². The molecule has 0 spiro atoms. The van der Waals surface area contributed by atoms with Gasteiger partial charge in [-0.25, -0.2) is 4.98 Å². The third-order valence-electron chi connectivity index (χ3n) is 4.20. The lowest BCUT2D eigenvalue weighted by atomic mass is 10.3. The van der Waals surface area contributed by atoms with Gasteiger partial charge in [0.15, 0.2) is 6.29 Å². The Morgan fingerprint density at radius 1 is 1.13 bits per heavy atom. The number of thiophene rings is 1. The van der Waals surface area contributed by atoms with Gasteiger partial charge >= 0.3 is 6.18 Å². The number of aromatic nitrogens is 3. The number of aldehydes is 1. The Morgan fingerprint density at radius 2 is 1.87 bits per heavy atom. The zero-order chi connectivity index (χ0) is 22.6. The topological polar surface area (TPSA) is 47.8 Å². The molecule has 0 saturated carbocycles. The van der Waals surface area contributed by atoms with E-state index in [1.54, 1.807) is 13.1 Å². The Balaban J connectivity index is 0.000000185. The van der Waals surface area contributed by atoms with Gasteiger partial charge < -0.3 is 4.57 Å². The van der Waals surface area contributed by atoms with Crippen molar-refractivity contribution in [2.24, 2.45) is 0 Å². The zero-order valence-electron chi connectivity index (χ0n) is 16.2. The van der Waals surface area contributed by atoms with Crippen LogP contribution in [0.2, 0.25) is 10.0 Å². The lowest BCUT2D eigenvalue weighted by Gasteiger charge is -2.08. The maximum atomic E-state index is 12.4. The van der Waals surface area contributed by atoms with Gasteiger partial charge in [-0.1, -0.05) is 29.3 Å². The van der Waals surface area contributed by atoms with E-state index in [9.17, 15) is 18.0 Å². The van der Waals surface area contributed by atoms with Gasteiger partial charge in [0, 0.05) is 12.7 Å². The van der Waals surface area contributed by atoms with Gasteiger partial charge in [-0.3, -0.25) is 9.78 Å². The monoisotopic (exact) mass is 485 g/mol. The summed E-state index contributed by atoms with van der Waals surface area (Å²) < 4.78 is 38.8. The van der Waals surface area contributed by atoms with Crippen LogP contribution in [0.15, 0.2) is 48.7 Å². The number of nitrogens with zero attached hydrogens (tertiary/aromatic N) is 3. The molecule has 0 aliphatic carbocycles. The van der Waals surface area contributed by atoms with Crippen molar-refractivity contribution in [2.75, 3.05) is 0 Å². The minimum Gasteiger partial charge on any atom is -0.328 e. The molecule has 31 heavy (non-hydrogen) atoms. The summed E-state index contributed by atoms with van der Waals surface area (Å²) in [5, 5.41) is 0.584. The van der Waals surface area contributed by atoms with Crippen molar-refractivity contribution in [1.29, 1.82) is 0 Å². The molecule has 4 rings (SSSR count). The van der Waals surface area contributed by atoms with Gasteiger partial charge in [0.25, 0.3) is 0 Å². The summed E-state index contributed by atoms with van der Waals surface area (Å²) in [6.07, 6.45) is -2.75. The summed E-state index contributed by atoms with van der Waals surface area (Å²) in [5.41, 5.74) is 1.90. The molecule has 0 radical (unpaired) electrons. The number of hydrogen-bond donors (Lipinski definition) is 0. The number of aryl methyl sites for hydroxylation is 1. The molecule has 0 unspecified atom stereocenters. The van der Waals surface area contributed by atoms with Crippen LogP contribution in [0.4, 0.5) is 13.2 Å². The first kappa shape index (κ1) is 23.2. The summed E-state index contributed by atoms with van der Waals surface area (Å²) in [6.45, 7) is 2.14. The average Bonchev–Trinajstić information content (AvgIpc) is 3.33. The Bertz CT molecular complexity index is 1190. The van der Waals surface area contributed by atoms with Crippen molar-refractivity contribution < 1.29 is 18.0 Å². The SMILES string of the molecule is CCn1c(CC(F)(F)F)nc2cc(Cl)c(Cl)cc21.O=Cc1ccc(-c2ccccn2)s1. The highest BCUT2D eigenvalue weighted by atomic mass is 35.5. The Kier molecular flexibility index (Phi) is 7.35.